The summed E-state index contributed by atoms with van der Waals surface area (Å²) < 4.78 is 0. The van der Waals surface area contributed by atoms with Gasteiger partial charge in [0.1, 0.15) is 18.1 Å². The van der Waals surface area contributed by atoms with E-state index < -0.39 is 70.4 Å². The number of nitrogens with zero attached hydrogens (tertiary/aromatic N) is 1. The molecule has 5 N–H and O–H groups in total. The Balaban J connectivity index is 1.82. The number of nitrogens with one attached hydrogen (secondary N) is 5. The zero-order chi connectivity index (χ0) is 41.8. The maximum Gasteiger partial charge on any atom is 0.293 e. The Hall–Kier alpha value is -4.76. The van der Waals surface area contributed by atoms with Gasteiger partial charge in [0.05, 0.1) is 30.5 Å². The topological polar surface area (TPSA) is 184 Å². The van der Waals surface area contributed by atoms with E-state index in [0.29, 0.717) is 11.1 Å². The highest BCUT2D eigenvalue weighted by molar-refractivity contribution is 6.46. The first-order valence-corrected chi connectivity index (χ1v) is 19.1. The highest BCUT2D eigenvalue weighted by atomic mass is 16.7. The molecule has 0 fully saturated rings. The van der Waals surface area contributed by atoms with Gasteiger partial charge in [0, 0.05) is 24.6 Å². The minimum atomic E-state index is -1.25. The van der Waals surface area contributed by atoms with Crippen molar-refractivity contribution in [2.24, 2.45) is 11.8 Å². The van der Waals surface area contributed by atoms with E-state index >= 15 is 0 Å². The van der Waals surface area contributed by atoms with Crippen LogP contribution in [0.15, 0.2) is 72.4 Å². The van der Waals surface area contributed by atoms with Gasteiger partial charge in [-0.3, -0.25) is 38.4 Å². The van der Waals surface area contributed by atoms with E-state index in [4.69, 9.17) is 9.68 Å². The minimum absolute atomic E-state index is 0.0252. The molecule has 0 aliphatic carbocycles. The SMILES string of the molecule is CC(C)[C@H](NOC(C)(C)C)C(=O)N[C@@H](Cc1ccccc1)C(=O)C(=O)C1=CNCN(C(=O)C(=O)[C@H](Cc2ccccc2)NC(=O)[C@@H](NOC(C)(C)C)C(C)C)C1. The van der Waals surface area contributed by atoms with Crippen LogP contribution in [0, 0.1) is 11.8 Å². The fraction of sp³-hybridized carbons (Fsp3) is 0.524. The number of Topliss-reactive ketones (excluding diaryl/α,β-unsaturated/α-hetero) is 3. The molecular formula is C42H60N6O8. The van der Waals surface area contributed by atoms with Crippen LogP contribution in [0.5, 0.6) is 0 Å². The Labute approximate surface area is 330 Å². The quantitative estimate of drug-likeness (QED) is 0.104. The Morgan fingerprint density at radius 3 is 1.46 bits per heavy atom. The monoisotopic (exact) mass is 776 g/mol. The lowest BCUT2D eigenvalue weighted by atomic mass is 9.95. The molecule has 14 heteroatoms. The zero-order valence-corrected chi connectivity index (χ0v) is 34.4. The summed E-state index contributed by atoms with van der Waals surface area (Å²) in [4.78, 5) is 95.2. The third-order valence-electron chi connectivity index (χ3n) is 8.65. The normalized spacial score (nSPS) is 15.6. The molecule has 0 aromatic heterocycles. The average Bonchev–Trinajstić information content (AvgIpc) is 3.12. The summed E-state index contributed by atoms with van der Waals surface area (Å²) in [5, 5.41) is 8.35. The maximum absolute atomic E-state index is 14.0. The predicted molar refractivity (Wildman–Crippen MR) is 212 cm³/mol. The Morgan fingerprint density at radius 2 is 1.07 bits per heavy atom. The highest BCUT2D eigenvalue weighted by Gasteiger charge is 2.38. The van der Waals surface area contributed by atoms with Crippen molar-refractivity contribution in [3.05, 3.63) is 83.6 Å². The zero-order valence-electron chi connectivity index (χ0n) is 34.4. The average molecular weight is 777 g/mol. The number of benzene rings is 2. The van der Waals surface area contributed by atoms with Crippen LogP contribution in [0.2, 0.25) is 0 Å². The van der Waals surface area contributed by atoms with E-state index in [2.05, 4.69) is 26.9 Å². The second-order valence-electron chi connectivity index (χ2n) is 16.7. The van der Waals surface area contributed by atoms with Crippen LogP contribution in [0.4, 0.5) is 0 Å². The summed E-state index contributed by atoms with van der Waals surface area (Å²) in [5.74, 6) is -5.21. The van der Waals surface area contributed by atoms with Gasteiger partial charge in [0.15, 0.2) is 0 Å². The lowest BCUT2D eigenvalue weighted by Gasteiger charge is -2.30. The molecule has 0 bridgehead atoms. The summed E-state index contributed by atoms with van der Waals surface area (Å²) in [7, 11) is 0. The van der Waals surface area contributed by atoms with Gasteiger partial charge in [-0.1, -0.05) is 88.4 Å². The van der Waals surface area contributed by atoms with E-state index in [1.54, 1.807) is 48.5 Å². The lowest BCUT2D eigenvalue weighted by Crippen LogP contribution is -2.57. The number of hydroxylamine groups is 2. The van der Waals surface area contributed by atoms with Gasteiger partial charge < -0.3 is 20.9 Å². The molecule has 3 rings (SSSR count). The van der Waals surface area contributed by atoms with Crippen molar-refractivity contribution in [3.8, 4) is 0 Å². The van der Waals surface area contributed by atoms with E-state index in [-0.39, 0.29) is 43.5 Å². The van der Waals surface area contributed by atoms with Gasteiger partial charge >= 0.3 is 0 Å². The van der Waals surface area contributed by atoms with Crippen molar-refractivity contribution >= 4 is 35.1 Å². The molecule has 0 saturated heterocycles. The Kier molecular flexibility index (Phi) is 16.6. The first-order valence-electron chi connectivity index (χ1n) is 19.1. The summed E-state index contributed by atoms with van der Waals surface area (Å²) in [6.07, 6.45) is 1.39. The Morgan fingerprint density at radius 1 is 0.661 bits per heavy atom. The number of hydrogen-bond donors (Lipinski definition) is 5. The molecule has 0 unspecified atom stereocenters. The van der Waals surface area contributed by atoms with E-state index in [1.807, 2.05) is 81.4 Å². The number of hydrogen-bond acceptors (Lipinski definition) is 11. The number of carbonyl (C=O) groups excluding carboxylic acids is 6. The smallest absolute Gasteiger partial charge is 0.293 e. The maximum atomic E-state index is 14.0. The van der Waals surface area contributed by atoms with Crippen molar-refractivity contribution < 1.29 is 38.4 Å². The summed E-state index contributed by atoms with van der Waals surface area (Å²) in [6, 6.07) is 13.7. The molecule has 0 saturated carbocycles. The third-order valence-corrected chi connectivity index (χ3v) is 8.65. The first kappa shape index (κ1) is 45.6. The van der Waals surface area contributed by atoms with Crippen molar-refractivity contribution in [3.63, 3.8) is 0 Å². The van der Waals surface area contributed by atoms with Crippen molar-refractivity contribution in [2.75, 3.05) is 13.2 Å². The molecule has 1 heterocycles. The van der Waals surface area contributed by atoms with E-state index in [1.165, 1.54) is 6.20 Å². The first-order chi connectivity index (χ1) is 26.2. The number of carbonyl (C=O) groups is 6. The molecule has 3 amide bonds. The molecule has 1 aliphatic rings. The van der Waals surface area contributed by atoms with E-state index in [9.17, 15) is 28.8 Å². The minimum Gasteiger partial charge on any atom is -0.373 e. The van der Waals surface area contributed by atoms with Gasteiger partial charge in [-0.2, -0.15) is 11.0 Å². The molecule has 4 atom stereocenters. The lowest BCUT2D eigenvalue weighted by molar-refractivity contribution is -0.147. The van der Waals surface area contributed by atoms with Crippen LogP contribution in [-0.4, -0.2) is 88.6 Å². The third kappa shape index (κ3) is 14.4. The van der Waals surface area contributed by atoms with E-state index in [0.717, 1.165) is 4.90 Å². The van der Waals surface area contributed by atoms with Crippen LogP contribution in [0.25, 0.3) is 0 Å². The molecule has 0 spiro atoms. The standard InChI is InChI=1S/C42H60N6O8/c1-26(2)33(46-55-41(5,6)7)38(52)44-31(21-28-17-13-11-14-18-28)36(50)35(49)30-23-43-25-48(24-30)40(54)37(51)32(22-29-19-15-12-16-20-29)45-39(53)34(27(3)4)47-56-42(8,9)10/h11-20,23,26-27,31-34,43,46-47H,21-22,24-25H2,1-10H3,(H,44,52)(H,45,53)/t31-,32-,33-,34-/m0/s1. The van der Waals surface area contributed by atoms with Crippen molar-refractivity contribution in [1.29, 1.82) is 0 Å². The van der Waals surface area contributed by atoms with Crippen LogP contribution in [0.1, 0.15) is 80.4 Å². The largest absolute Gasteiger partial charge is 0.373 e. The molecule has 14 nitrogen and oxygen atoms in total. The molecule has 306 valence electrons. The van der Waals surface area contributed by atoms with Crippen LogP contribution in [0.3, 0.4) is 0 Å². The van der Waals surface area contributed by atoms with Gasteiger partial charge in [-0.05, 0) is 64.5 Å². The molecule has 2 aromatic carbocycles. The van der Waals surface area contributed by atoms with Gasteiger partial charge in [0.2, 0.25) is 29.2 Å². The van der Waals surface area contributed by atoms with Gasteiger partial charge in [-0.25, -0.2) is 0 Å². The molecule has 0 radical (unpaired) electrons. The summed E-state index contributed by atoms with van der Waals surface area (Å²) in [5.41, 5.74) is 5.76. The number of ketones is 3. The second-order valence-corrected chi connectivity index (χ2v) is 16.7. The van der Waals surface area contributed by atoms with Crippen LogP contribution >= 0.6 is 0 Å². The van der Waals surface area contributed by atoms with Gasteiger partial charge in [0.25, 0.3) is 5.91 Å². The van der Waals surface area contributed by atoms with Crippen molar-refractivity contribution in [1.82, 2.24) is 31.8 Å². The second kappa shape index (κ2) is 20.4. The van der Waals surface area contributed by atoms with Gasteiger partial charge in [-0.15, -0.1) is 0 Å². The molecular weight excluding hydrogens is 716 g/mol. The molecule has 56 heavy (non-hydrogen) atoms. The van der Waals surface area contributed by atoms with Crippen LogP contribution < -0.4 is 26.9 Å². The number of rotatable bonds is 19. The summed E-state index contributed by atoms with van der Waals surface area (Å²) >= 11 is 0. The molecule has 2 aromatic rings. The highest BCUT2D eigenvalue weighted by Crippen LogP contribution is 2.15. The summed E-state index contributed by atoms with van der Waals surface area (Å²) in [6.45, 7) is 17.8. The van der Waals surface area contributed by atoms with Crippen LogP contribution in [-0.2, 0) is 51.3 Å². The Bertz CT molecular complexity index is 1700. The molecule has 1 aliphatic heterocycles. The number of amides is 3. The fourth-order valence-corrected chi connectivity index (χ4v) is 5.59. The van der Waals surface area contributed by atoms with Crippen molar-refractivity contribution in [2.45, 2.75) is 117 Å². The fourth-order valence-electron chi connectivity index (χ4n) is 5.59. The predicted octanol–water partition coefficient (Wildman–Crippen LogP) is 3.11.